The second-order valence-corrected chi connectivity index (χ2v) is 6.03. The summed E-state index contributed by atoms with van der Waals surface area (Å²) < 4.78 is 6.35. The molecular formula is C13H16BrNO2. The van der Waals surface area contributed by atoms with Gasteiger partial charge in [0.25, 0.3) is 0 Å². The van der Waals surface area contributed by atoms with E-state index in [1.54, 1.807) is 0 Å². The van der Waals surface area contributed by atoms with E-state index in [9.17, 15) is 4.79 Å². The van der Waals surface area contributed by atoms with Gasteiger partial charge in [0.15, 0.2) is 0 Å². The minimum atomic E-state index is -0.466. The highest BCUT2D eigenvalue weighted by Crippen LogP contribution is 2.36. The van der Waals surface area contributed by atoms with Crippen molar-refractivity contribution >= 4 is 27.7 Å². The molecule has 2 rings (SSSR count). The van der Waals surface area contributed by atoms with Crippen molar-refractivity contribution < 1.29 is 9.53 Å². The predicted molar refractivity (Wildman–Crippen MR) is 71.4 cm³/mol. The van der Waals surface area contributed by atoms with Gasteiger partial charge in [0, 0.05) is 10.2 Å². The minimum Gasteiger partial charge on any atom is -0.444 e. The summed E-state index contributed by atoms with van der Waals surface area (Å²) in [6, 6.07) is 3.87. The summed E-state index contributed by atoms with van der Waals surface area (Å²) in [6.45, 7) is 5.56. The van der Waals surface area contributed by atoms with Gasteiger partial charge in [-0.05, 0) is 56.9 Å². The smallest absolute Gasteiger partial charge is 0.412 e. The number of rotatable bonds is 1. The van der Waals surface area contributed by atoms with Crippen LogP contribution in [0.15, 0.2) is 16.6 Å². The van der Waals surface area contributed by atoms with Crippen LogP contribution in [0.25, 0.3) is 0 Å². The summed E-state index contributed by atoms with van der Waals surface area (Å²) in [7, 11) is 0. The quantitative estimate of drug-likeness (QED) is 0.854. The van der Waals surface area contributed by atoms with Gasteiger partial charge in [0.1, 0.15) is 5.60 Å². The number of hydrogen-bond donors (Lipinski definition) is 1. The third-order valence-electron chi connectivity index (χ3n) is 2.63. The zero-order chi connectivity index (χ0) is 12.6. The van der Waals surface area contributed by atoms with Crippen LogP contribution in [0.5, 0.6) is 0 Å². The maximum absolute atomic E-state index is 11.7. The molecule has 1 aliphatic rings. The molecule has 0 fully saturated rings. The average Bonchev–Trinajstić information content (AvgIpc) is 2.06. The van der Waals surface area contributed by atoms with Crippen LogP contribution in [0.1, 0.15) is 31.9 Å². The fraction of sp³-hybridized carbons (Fsp3) is 0.462. The summed E-state index contributed by atoms with van der Waals surface area (Å²) >= 11 is 3.50. The van der Waals surface area contributed by atoms with Crippen molar-refractivity contribution in [2.75, 3.05) is 5.32 Å². The molecule has 1 aliphatic carbocycles. The molecule has 1 aromatic carbocycles. The number of halogens is 1. The summed E-state index contributed by atoms with van der Waals surface area (Å²) in [4.78, 5) is 11.7. The number of nitrogens with one attached hydrogen (secondary N) is 1. The zero-order valence-electron chi connectivity index (χ0n) is 10.3. The lowest BCUT2D eigenvalue weighted by Crippen LogP contribution is -2.28. The van der Waals surface area contributed by atoms with Crippen molar-refractivity contribution in [2.24, 2.45) is 0 Å². The molecule has 0 saturated heterocycles. The molecule has 1 aromatic rings. The Labute approximate surface area is 110 Å². The molecule has 0 spiro atoms. The predicted octanol–water partition coefficient (Wildman–Crippen LogP) is 3.89. The lowest BCUT2D eigenvalue weighted by atomic mass is 9.87. The van der Waals surface area contributed by atoms with E-state index < -0.39 is 11.7 Å². The Morgan fingerprint density at radius 3 is 2.47 bits per heavy atom. The number of hydrogen-bond acceptors (Lipinski definition) is 2. The number of carbonyl (C=O) groups excluding carboxylic acids is 1. The second-order valence-electron chi connectivity index (χ2n) is 5.18. The van der Waals surface area contributed by atoms with Crippen LogP contribution < -0.4 is 5.32 Å². The van der Waals surface area contributed by atoms with Gasteiger partial charge in [0.2, 0.25) is 0 Å². The molecule has 0 bridgehead atoms. The third-order valence-corrected chi connectivity index (χ3v) is 3.38. The van der Waals surface area contributed by atoms with E-state index in [2.05, 4.69) is 21.2 Å². The number of carbonyl (C=O) groups is 1. The van der Waals surface area contributed by atoms with E-state index in [1.165, 1.54) is 11.1 Å². The Morgan fingerprint density at radius 1 is 1.29 bits per heavy atom. The van der Waals surface area contributed by atoms with Crippen molar-refractivity contribution in [2.45, 2.75) is 39.2 Å². The van der Waals surface area contributed by atoms with Crippen LogP contribution in [0.4, 0.5) is 10.5 Å². The number of benzene rings is 1. The van der Waals surface area contributed by atoms with Gasteiger partial charge < -0.3 is 4.74 Å². The molecule has 17 heavy (non-hydrogen) atoms. The number of anilines is 1. The molecule has 0 heterocycles. The SMILES string of the molecule is CC(C)(C)OC(=O)Nc1ccc(Br)c2c1CC2. The maximum Gasteiger partial charge on any atom is 0.412 e. The summed E-state index contributed by atoms with van der Waals surface area (Å²) in [5.74, 6) is 0. The molecule has 0 saturated carbocycles. The van der Waals surface area contributed by atoms with E-state index in [0.717, 1.165) is 23.0 Å². The van der Waals surface area contributed by atoms with Crippen LogP contribution in [-0.2, 0) is 17.6 Å². The van der Waals surface area contributed by atoms with E-state index >= 15 is 0 Å². The molecule has 0 atom stereocenters. The minimum absolute atomic E-state index is 0.395. The molecule has 4 heteroatoms. The molecule has 3 nitrogen and oxygen atoms in total. The van der Waals surface area contributed by atoms with E-state index in [-0.39, 0.29) is 0 Å². The fourth-order valence-corrected chi connectivity index (χ4v) is 2.39. The summed E-state index contributed by atoms with van der Waals surface area (Å²) in [5, 5.41) is 2.80. The van der Waals surface area contributed by atoms with Crippen LogP contribution >= 0.6 is 15.9 Å². The maximum atomic E-state index is 11.7. The first kappa shape index (κ1) is 12.4. The lowest BCUT2D eigenvalue weighted by molar-refractivity contribution is 0.0635. The average molecular weight is 298 g/mol. The highest BCUT2D eigenvalue weighted by molar-refractivity contribution is 9.10. The van der Waals surface area contributed by atoms with E-state index in [1.807, 2.05) is 32.9 Å². The standard InChI is InChI=1S/C13H16BrNO2/c1-13(2,3)17-12(16)15-11-7-6-10(14)8-4-5-9(8)11/h6-7H,4-5H2,1-3H3,(H,15,16). The second kappa shape index (κ2) is 4.33. The number of fused-ring (bicyclic) bond motifs is 1. The van der Waals surface area contributed by atoms with Crippen LogP contribution in [0.2, 0.25) is 0 Å². The molecule has 92 valence electrons. The topological polar surface area (TPSA) is 38.3 Å². The number of amides is 1. The molecule has 0 unspecified atom stereocenters. The Balaban J connectivity index is 2.10. The van der Waals surface area contributed by atoms with Crippen LogP contribution in [0.3, 0.4) is 0 Å². The first-order valence-electron chi connectivity index (χ1n) is 5.67. The summed E-state index contributed by atoms with van der Waals surface area (Å²) in [5.41, 5.74) is 2.90. The molecule has 0 radical (unpaired) electrons. The Morgan fingerprint density at radius 2 is 1.94 bits per heavy atom. The van der Waals surface area contributed by atoms with Crippen molar-refractivity contribution in [3.05, 3.63) is 27.7 Å². The van der Waals surface area contributed by atoms with Gasteiger partial charge in [-0.2, -0.15) is 0 Å². The van der Waals surface area contributed by atoms with Crippen molar-refractivity contribution in [3.63, 3.8) is 0 Å². The Bertz CT molecular complexity index is 463. The van der Waals surface area contributed by atoms with Crippen molar-refractivity contribution in [1.29, 1.82) is 0 Å². The zero-order valence-corrected chi connectivity index (χ0v) is 11.8. The highest BCUT2D eigenvalue weighted by Gasteiger charge is 2.22. The Kier molecular flexibility index (Phi) is 3.17. The molecule has 0 aliphatic heterocycles. The van der Waals surface area contributed by atoms with Crippen LogP contribution in [-0.4, -0.2) is 11.7 Å². The van der Waals surface area contributed by atoms with E-state index in [4.69, 9.17) is 4.74 Å². The van der Waals surface area contributed by atoms with Gasteiger partial charge in [-0.1, -0.05) is 15.9 Å². The van der Waals surface area contributed by atoms with Gasteiger partial charge in [0.05, 0.1) is 0 Å². The largest absolute Gasteiger partial charge is 0.444 e. The van der Waals surface area contributed by atoms with Crippen molar-refractivity contribution in [1.82, 2.24) is 0 Å². The first-order valence-corrected chi connectivity index (χ1v) is 6.46. The van der Waals surface area contributed by atoms with Crippen molar-refractivity contribution in [3.8, 4) is 0 Å². The van der Waals surface area contributed by atoms with Gasteiger partial charge >= 0.3 is 6.09 Å². The van der Waals surface area contributed by atoms with E-state index in [0.29, 0.717) is 0 Å². The molecule has 0 aromatic heterocycles. The first-order chi connectivity index (χ1) is 7.87. The monoisotopic (exact) mass is 297 g/mol. The molecular weight excluding hydrogens is 282 g/mol. The fourth-order valence-electron chi connectivity index (χ4n) is 1.82. The lowest BCUT2D eigenvalue weighted by Gasteiger charge is -2.25. The van der Waals surface area contributed by atoms with Gasteiger partial charge in [-0.15, -0.1) is 0 Å². The normalized spacial score (nSPS) is 13.6. The highest BCUT2D eigenvalue weighted by atomic mass is 79.9. The molecule has 1 amide bonds. The number of ether oxygens (including phenoxy) is 1. The van der Waals surface area contributed by atoms with Gasteiger partial charge in [-0.3, -0.25) is 5.32 Å². The Hall–Kier alpha value is -1.03. The van der Waals surface area contributed by atoms with Crippen LogP contribution in [0, 0.1) is 0 Å². The van der Waals surface area contributed by atoms with Gasteiger partial charge in [-0.25, -0.2) is 4.79 Å². The third kappa shape index (κ3) is 2.80. The summed E-state index contributed by atoms with van der Waals surface area (Å²) in [6.07, 6.45) is 1.69. The molecule has 1 N–H and O–H groups in total.